The Bertz CT molecular complexity index is 884. The summed E-state index contributed by atoms with van der Waals surface area (Å²) in [7, 11) is -3.29. The molecule has 3 rings (SSSR count). The first-order valence-corrected chi connectivity index (χ1v) is 10.2. The maximum atomic E-state index is 12.2. The second kappa shape index (κ2) is 7.97. The maximum absolute atomic E-state index is 12.2. The number of nitrogens with one attached hydrogen (secondary N) is 1. The average molecular weight is 395 g/mol. The van der Waals surface area contributed by atoms with Crippen LogP contribution >= 0.6 is 11.6 Å². The van der Waals surface area contributed by atoms with Crippen LogP contribution in [0.4, 0.5) is 11.4 Å². The van der Waals surface area contributed by atoms with E-state index in [1.165, 1.54) is 4.31 Å². The van der Waals surface area contributed by atoms with Gasteiger partial charge in [0.25, 0.3) is 5.91 Å². The van der Waals surface area contributed by atoms with Crippen molar-refractivity contribution < 1.29 is 17.9 Å². The summed E-state index contributed by atoms with van der Waals surface area (Å²) < 4.78 is 31.2. The number of carbonyl (C=O) groups is 1. The summed E-state index contributed by atoms with van der Waals surface area (Å²) in [6, 6.07) is 13.5. The molecule has 0 aliphatic carbocycles. The summed E-state index contributed by atoms with van der Waals surface area (Å²) in [5.41, 5.74) is 1.08. The lowest BCUT2D eigenvalue weighted by atomic mass is 10.2. The van der Waals surface area contributed by atoms with E-state index in [4.69, 9.17) is 16.3 Å². The molecule has 26 heavy (non-hydrogen) atoms. The van der Waals surface area contributed by atoms with E-state index in [1.54, 1.807) is 48.5 Å². The summed E-state index contributed by atoms with van der Waals surface area (Å²) in [6.45, 7) is 0.299. The zero-order chi connectivity index (χ0) is 18.6. The lowest BCUT2D eigenvalue weighted by molar-refractivity contribution is -0.118. The predicted octanol–water partition coefficient (Wildman–Crippen LogP) is 3.29. The first kappa shape index (κ1) is 18.5. The number of sulfonamides is 1. The molecular formula is C18H19ClN2O4S. The summed E-state index contributed by atoms with van der Waals surface area (Å²) in [5, 5.41) is 3.31. The Morgan fingerprint density at radius 1 is 1.15 bits per heavy atom. The van der Waals surface area contributed by atoms with Gasteiger partial charge in [0.1, 0.15) is 5.75 Å². The fourth-order valence-electron chi connectivity index (χ4n) is 2.69. The molecule has 1 aliphatic rings. The lowest BCUT2D eigenvalue weighted by Crippen LogP contribution is -2.37. The van der Waals surface area contributed by atoms with E-state index in [0.29, 0.717) is 35.1 Å². The molecule has 138 valence electrons. The highest BCUT2D eigenvalue weighted by Gasteiger charge is 2.26. The van der Waals surface area contributed by atoms with Gasteiger partial charge in [-0.3, -0.25) is 9.10 Å². The van der Waals surface area contributed by atoms with E-state index in [-0.39, 0.29) is 18.3 Å². The third-order valence-electron chi connectivity index (χ3n) is 3.95. The minimum atomic E-state index is -3.29. The number of hydrogen-bond acceptors (Lipinski definition) is 4. The van der Waals surface area contributed by atoms with Crippen molar-refractivity contribution in [2.75, 3.05) is 28.5 Å². The van der Waals surface area contributed by atoms with Gasteiger partial charge in [-0.2, -0.15) is 0 Å². The van der Waals surface area contributed by atoms with Crippen LogP contribution in [-0.2, 0) is 14.8 Å². The number of ether oxygens (including phenoxy) is 1. The zero-order valence-corrected chi connectivity index (χ0v) is 15.6. The summed E-state index contributed by atoms with van der Waals surface area (Å²) >= 11 is 5.80. The minimum Gasteiger partial charge on any atom is -0.484 e. The highest BCUT2D eigenvalue weighted by molar-refractivity contribution is 7.92. The highest BCUT2D eigenvalue weighted by atomic mass is 35.5. The summed E-state index contributed by atoms with van der Waals surface area (Å²) in [5.74, 6) is 0.356. The van der Waals surface area contributed by atoms with E-state index >= 15 is 0 Å². The molecule has 6 nitrogen and oxygen atoms in total. The van der Waals surface area contributed by atoms with Gasteiger partial charge in [-0.05, 0) is 55.3 Å². The molecule has 1 heterocycles. The van der Waals surface area contributed by atoms with Gasteiger partial charge in [-0.15, -0.1) is 0 Å². The van der Waals surface area contributed by atoms with Gasteiger partial charge in [0.15, 0.2) is 6.61 Å². The van der Waals surface area contributed by atoms with E-state index in [0.717, 1.165) is 6.42 Å². The van der Waals surface area contributed by atoms with E-state index < -0.39 is 10.0 Å². The second-order valence-corrected chi connectivity index (χ2v) is 8.39. The molecule has 0 saturated carbocycles. The quantitative estimate of drug-likeness (QED) is 0.844. The molecule has 1 aliphatic heterocycles. The third kappa shape index (κ3) is 4.68. The first-order chi connectivity index (χ1) is 12.4. The highest BCUT2D eigenvalue weighted by Crippen LogP contribution is 2.26. The standard InChI is InChI=1S/C18H19ClN2O4S/c19-14-6-8-17(9-7-14)25-13-18(22)20-15-4-3-5-16(12-15)21-10-1-2-11-26(21,23)24/h3-9,12H,1-2,10-11,13H2,(H,20,22). The zero-order valence-electron chi connectivity index (χ0n) is 14.0. The molecular weight excluding hydrogens is 376 g/mol. The molecule has 0 aromatic heterocycles. The molecule has 0 unspecified atom stereocenters. The topological polar surface area (TPSA) is 75.7 Å². The smallest absolute Gasteiger partial charge is 0.262 e. The Morgan fingerprint density at radius 2 is 1.92 bits per heavy atom. The van der Waals surface area contributed by atoms with Crippen molar-refractivity contribution in [2.24, 2.45) is 0 Å². The van der Waals surface area contributed by atoms with Crippen LogP contribution in [-0.4, -0.2) is 33.2 Å². The van der Waals surface area contributed by atoms with Crippen LogP contribution < -0.4 is 14.4 Å². The molecule has 1 amide bonds. The molecule has 2 aromatic rings. The predicted molar refractivity (Wildman–Crippen MR) is 102 cm³/mol. The number of benzene rings is 2. The molecule has 0 bridgehead atoms. The Hall–Kier alpha value is -2.25. The molecule has 1 fully saturated rings. The monoisotopic (exact) mass is 394 g/mol. The van der Waals surface area contributed by atoms with Gasteiger partial charge >= 0.3 is 0 Å². The van der Waals surface area contributed by atoms with Crippen molar-refractivity contribution >= 4 is 38.9 Å². The normalized spacial score (nSPS) is 16.1. The number of rotatable bonds is 5. The molecule has 0 spiro atoms. The van der Waals surface area contributed by atoms with E-state index in [1.807, 2.05) is 0 Å². The van der Waals surface area contributed by atoms with Crippen molar-refractivity contribution in [3.8, 4) is 5.75 Å². The van der Waals surface area contributed by atoms with Crippen molar-refractivity contribution in [1.82, 2.24) is 0 Å². The van der Waals surface area contributed by atoms with Crippen LogP contribution in [0.3, 0.4) is 0 Å². The van der Waals surface area contributed by atoms with Crippen LogP contribution in [0, 0.1) is 0 Å². The number of nitrogens with zero attached hydrogens (tertiary/aromatic N) is 1. The third-order valence-corrected chi connectivity index (χ3v) is 6.07. The van der Waals surface area contributed by atoms with Gasteiger partial charge in [0.2, 0.25) is 10.0 Å². The largest absolute Gasteiger partial charge is 0.484 e. The Balaban J connectivity index is 1.63. The first-order valence-electron chi connectivity index (χ1n) is 8.23. The van der Waals surface area contributed by atoms with Crippen LogP contribution in [0.15, 0.2) is 48.5 Å². The molecule has 1 saturated heterocycles. The van der Waals surface area contributed by atoms with Gasteiger partial charge < -0.3 is 10.1 Å². The number of carbonyl (C=O) groups excluding carboxylic acids is 1. The Morgan fingerprint density at radius 3 is 2.65 bits per heavy atom. The number of hydrogen-bond donors (Lipinski definition) is 1. The number of halogens is 1. The molecule has 0 atom stereocenters. The van der Waals surface area contributed by atoms with Gasteiger partial charge in [-0.1, -0.05) is 17.7 Å². The van der Waals surface area contributed by atoms with Crippen LogP contribution in [0.1, 0.15) is 12.8 Å². The van der Waals surface area contributed by atoms with Gasteiger partial charge in [0.05, 0.1) is 11.4 Å². The molecule has 2 aromatic carbocycles. The Labute approximate surface area is 157 Å². The number of amides is 1. The van der Waals surface area contributed by atoms with E-state index in [9.17, 15) is 13.2 Å². The number of anilines is 2. The fraction of sp³-hybridized carbons (Fsp3) is 0.278. The molecule has 8 heteroatoms. The van der Waals surface area contributed by atoms with Crippen LogP contribution in [0.25, 0.3) is 0 Å². The van der Waals surface area contributed by atoms with Crippen LogP contribution in [0.2, 0.25) is 5.02 Å². The maximum Gasteiger partial charge on any atom is 0.262 e. The Kier molecular flexibility index (Phi) is 5.68. The van der Waals surface area contributed by atoms with Crippen molar-refractivity contribution in [3.63, 3.8) is 0 Å². The van der Waals surface area contributed by atoms with Crippen molar-refractivity contribution in [1.29, 1.82) is 0 Å². The fourth-order valence-corrected chi connectivity index (χ4v) is 4.45. The summed E-state index contributed by atoms with van der Waals surface area (Å²) in [6.07, 6.45) is 1.50. The summed E-state index contributed by atoms with van der Waals surface area (Å²) in [4.78, 5) is 12.1. The van der Waals surface area contributed by atoms with Crippen molar-refractivity contribution in [2.45, 2.75) is 12.8 Å². The molecule has 1 N–H and O–H groups in total. The SMILES string of the molecule is O=C(COc1ccc(Cl)cc1)Nc1cccc(N2CCCCS2(=O)=O)c1. The van der Waals surface area contributed by atoms with Crippen molar-refractivity contribution in [3.05, 3.63) is 53.6 Å². The second-order valence-electron chi connectivity index (χ2n) is 5.94. The van der Waals surface area contributed by atoms with Gasteiger partial charge in [-0.25, -0.2) is 8.42 Å². The van der Waals surface area contributed by atoms with Crippen LogP contribution in [0.5, 0.6) is 5.75 Å². The van der Waals surface area contributed by atoms with Gasteiger partial charge in [0, 0.05) is 17.3 Å². The minimum absolute atomic E-state index is 0.151. The van der Waals surface area contributed by atoms with E-state index in [2.05, 4.69) is 5.32 Å². The lowest BCUT2D eigenvalue weighted by Gasteiger charge is -2.28. The molecule has 0 radical (unpaired) electrons. The average Bonchev–Trinajstić information content (AvgIpc) is 2.61.